The average molecular weight is 286 g/mol. The van der Waals surface area contributed by atoms with Crippen LogP contribution in [0.25, 0.3) is 11.0 Å². The standard InChI is InChI=1S/C13H17ClFN3O/c1-2-5-19-6-3-4-18-12-8-10(15)9(14)7-11(12)17-13(18)16/h7-8H,2-6H2,1H3,(H2,16,17). The van der Waals surface area contributed by atoms with Crippen LogP contribution in [0.15, 0.2) is 12.1 Å². The van der Waals surface area contributed by atoms with Crippen LogP contribution >= 0.6 is 11.6 Å². The number of nitrogens with two attached hydrogens (primary N) is 1. The van der Waals surface area contributed by atoms with Gasteiger partial charge in [-0.3, -0.25) is 0 Å². The van der Waals surface area contributed by atoms with E-state index in [-0.39, 0.29) is 5.02 Å². The topological polar surface area (TPSA) is 53.1 Å². The lowest BCUT2D eigenvalue weighted by Crippen LogP contribution is -2.06. The Labute approximate surface area is 116 Å². The first-order valence-corrected chi connectivity index (χ1v) is 6.69. The molecule has 0 radical (unpaired) electrons. The molecule has 0 unspecified atom stereocenters. The SMILES string of the molecule is CCCOCCCn1c(N)nc2cc(Cl)c(F)cc21. The van der Waals surface area contributed by atoms with Gasteiger partial charge in [0.25, 0.3) is 0 Å². The molecule has 0 saturated heterocycles. The maximum absolute atomic E-state index is 13.5. The van der Waals surface area contributed by atoms with Gasteiger partial charge < -0.3 is 15.0 Å². The molecule has 0 aliphatic heterocycles. The summed E-state index contributed by atoms with van der Waals surface area (Å²) in [4.78, 5) is 4.18. The Morgan fingerprint density at radius 1 is 1.42 bits per heavy atom. The Hall–Kier alpha value is -1.33. The molecule has 0 atom stereocenters. The number of hydrogen-bond acceptors (Lipinski definition) is 3. The van der Waals surface area contributed by atoms with Crippen molar-refractivity contribution in [2.75, 3.05) is 18.9 Å². The van der Waals surface area contributed by atoms with Gasteiger partial charge in [-0.1, -0.05) is 18.5 Å². The number of benzene rings is 1. The van der Waals surface area contributed by atoms with Gasteiger partial charge in [0, 0.05) is 25.8 Å². The van der Waals surface area contributed by atoms with Gasteiger partial charge in [-0.05, 0) is 18.9 Å². The van der Waals surface area contributed by atoms with Crippen molar-refractivity contribution in [3.63, 3.8) is 0 Å². The van der Waals surface area contributed by atoms with Crippen molar-refractivity contribution in [3.05, 3.63) is 23.0 Å². The van der Waals surface area contributed by atoms with Crippen molar-refractivity contribution >= 4 is 28.6 Å². The van der Waals surface area contributed by atoms with Crippen molar-refractivity contribution in [1.82, 2.24) is 9.55 Å². The van der Waals surface area contributed by atoms with Crippen LogP contribution < -0.4 is 5.73 Å². The highest BCUT2D eigenvalue weighted by Crippen LogP contribution is 2.24. The van der Waals surface area contributed by atoms with Crippen LogP contribution in [-0.2, 0) is 11.3 Å². The molecule has 0 spiro atoms. The molecule has 1 heterocycles. The van der Waals surface area contributed by atoms with Gasteiger partial charge in [-0.15, -0.1) is 0 Å². The molecular weight excluding hydrogens is 269 g/mol. The Morgan fingerprint density at radius 3 is 2.95 bits per heavy atom. The lowest BCUT2D eigenvalue weighted by atomic mass is 10.3. The lowest BCUT2D eigenvalue weighted by molar-refractivity contribution is 0.129. The number of aryl methyl sites for hydroxylation is 1. The monoisotopic (exact) mass is 285 g/mol. The van der Waals surface area contributed by atoms with Gasteiger partial charge in [0.1, 0.15) is 5.82 Å². The third kappa shape index (κ3) is 3.16. The molecule has 104 valence electrons. The van der Waals surface area contributed by atoms with E-state index in [0.29, 0.717) is 30.1 Å². The lowest BCUT2D eigenvalue weighted by Gasteiger charge is -2.07. The van der Waals surface area contributed by atoms with Crippen LogP contribution in [0.5, 0.6) is 0 Å². The second-order valence-electron chi connectivity index (χ2n) is 4.34. The number of rotatable bonds is 6. The minimum absolute atomic E-state index is 0.0587. The van der Waals surface area contributed by atoms with Gasteiger partial charge in [0.05, 0.1) is 16.1 Å². The van der Waals surface area contributed by atoms with Gasteiger partial charge in [-0.25, -0.2) is 9.37 Å². The summed E-state index contributed by atoms with van der Waals surface area (Å²) in [5.74, 6) is -0.0929. The molecule has 1 aromatic heterocycles. The first-order valence-electron chi connectivity index (χ1n) is 6.32. The summed E-state index contributed by atoms with van der Waals surface area (Å²) in [6, 6.07) is 2.86. The van der Waals surface area contributed by atoms with Crippen molar-refractivity contribution in [2.45, 2.75) is 26.3 Å². The summed E-state index contributed by atoms with van der Waals surface area (Å²) in [6.07, 6.45) is 1.81. The van der Waals surface area contributed by atoms with Crippen LogP contribution in [0.3, 0.4) is 0 Å². The molecule has 0 aliphatic rings. The number of fused-ring (bicyclic) bond motifs is 1. The number of halogens is 2. The summed E-state index contributed by atoms with van der Waals surface area (Å²) in [7, 11) is 0. The summed E-state index contributed by atoms with van der Waals surface area (Å²) in [6.45, 7) is 4.12. The minimum Gasteiger partial charge on any atom is -0.381 e. The molecule has 1 aromatic carbocycles. The molecule has 2 aromatic rings. The number of nitrogens with zero attached hydrogens (tertiary/aromatic N) is 2. The molecule has 6 heteroatoms. The molecule has 0 saturated carbocycles. The van der Waals surface area contributed by atoms with E-state index >= 15 is 0 Å². The zero-order chi connectivity index (χ0) is 13.8. The Morgan fingerprint density at radius 2 is 2.21 bits per heavy atom. The van der Waals surface area contributed by atoms with Gasteiger partial charge in [0.2, 0.25) is 5.95 Å². The quantitative estimate of drug-likeness (QED) is 0.829. The highest BCUT2D eigenvalue weighted by molar-refractivity contribution is 6.31. The second-order valence-corrected chi connectivity index (χ2v) is 4.75. The van der Waals surface area contributed by atoms with Crippen molar-refractivity contribution in [3.8, 4) is 0 Å². The van der Waals surface area contributed by atoms with Crippen molar-refractivity contribution < 1.29 is 9.13 Å². The minimum atomic E-state index is -0.461. The molecule has 0 aliphatic carbocycles. The van der Waals surface area contributed by atoms with Crippen molar-refractivity contribution in [1.29, 1.82) is 0 Å². The van der Waals surface area contributed by atoms with E-state index in [1.54, 1.807) is 4.57 Å². The van der Waals surface area contributed by atoms with Crippen LogP contribution in [-0.4, -0.2) is 22.8 Å². The number of nitrogen functional groups attached to an aromatic ring is 1. The first kappa shape index (κ1) is 14.1. The fourth-order valence-corrected chi connectivity index (χ4v) is 2.10. The summed E-state index contributed by atoms with van der Waals surface area (Å²) in [5.41, 5.74) is 7.11. The van der Waals surface area contributed by atoms with E-state index in [1.165, 1.54) is 12.1 Å². The molecule has 4 nitrogen and oxygen atoms in total. The third-order valence-electron chi connectivity index (χ3n) is 2.84. The van der Waals surface area contributed by atoms with E-state index in [1.807, 2.05) is 0 Å². The second kappa shape index (κ2) is 6.21. The van der Waals surface area contributed by atoms with Crippen molar-refractivity contribution in [2.24, 2.45) is 0 Å². The molecule has 2 rings (SSSR count). The van der Waals surface area contributed by atoms with Gasteiger partial charge >= 0.3 is 0 Å². The summed E-state index contributed by atoms with van der Waals surface area (Å²) in [5, 5.41) is 0.0587. The van der Waals surface area contributed by atoms with E-state index in [4.69, 9.17) is 22.1 Å². The van der Waals surface area contributed by atoms with E-state index in [0.717, 1.165) is 19.4 Å². The largest absolute Gasteiger partial charge is 0.381 e. The number of imidazole rings is 1. The van der Waals surface area contributed by atoms with Crippen LogP contribution in [0.4, 0.5) is 10.3 Å². The Balaban J connectivity index is 2.13. The number of anilines is 1. The predicted octanol–water partition coefficient (Wildman–Crippen LogP) is 3.23. The number of ether oxygens (including phenoxy) is 1. The smallest absolute Gasteiger partial charge is 0.201 e. The van der Waals surface area contributed by atoms with Crippen LogP contribution in [0, 0.1) is 5.82 Å². The van der Waals surface area contributed by atoms with E-state index in [9.17, 15) is 4.39 Å². The third-order valence-corrected chi connectivity index (χ3v) is 3.13. The number of aromatic nitrogens is 2. The summed E-state index contributed by atoms with van der Waals surface area (Å²) >= 11 is 5.73. The average Bonchev–Trinajstić information content (AvgIpc) is 2.66. The normalized spacial score (nSPS) is 11.3. The molecule has 0 amide bonds. The molecule has 19 heavy (non-hydrogen) atoms. The fraction of sp³-hybridized carbons (Fsp3) is 0.462. The highest BCUT2D eigenvalue weighted by Gasteiger charge is 2.11. The maximum Gasteiger partial charge on any atom is 0.201 e. The zero-order valence-electron chi connectivity index (χ0n) is 10.8. The molecular formula is C13H17ClFN3O. The predicted molar refractivity (Wildman–Crippen MR) is 74.8 cm³/mol. The Bertz CT molecular complexity index is 571. The van der Waals surface area contributed by atoms with Gasteiger partial charge in [0.15, 0.2) is 0 Å². The Kier molecular flexibility index (Phi) is 4.61. The molecule has 0 bridgehead atoms. The molecule has 2 N–H and O–H groups in total. The number of hydrogen-bond donors (Lipinski definition) is 1. The van der Waals surface area contributed by atoms with E-state index < -0.39 is 5.82 Å². The van der Waals surface area contributed by atoms with Gasteiger partial charge in [-0.2, -0.15) is 0 Å². The van der Waals surface area contributed by atoms with Crippen LogP contribution in [0.1, 0.15) is 19.8 Å². The van der Waals surface area contributed by atoms with Crippen LogP contribution in [0.2, 0.25) is 5.02 Å². The first-order chi connectivity index (χ1) is 9.13. The highest BCUT2D eigenvalue weighted by atomic mass is 35.5. The summed E-state index contributed by atoms with van der Waals surface area (Å²) < 4.78 is 20.7. The maximum atomic E-state index is 13.5. The zero-order valence-corrected chi connectivity index (χ0v) is 11.6. The fourth-order valence-electron chi connectivity index (χ4n) is 1.94. The van der Waals surface area contributed by atoms with E-state index in [2.05, 4.69) is 11.9 Å². The molecule has 0 fully saturated rings.